The lowest BCUT2D eigenvalue weighted by molar-refractivity contribution is -0.129. The fourth-order valence-electron chi connectivity index (χ4n) is 5.89. The average molecular weight is 667 g/mol. The monoisotopic (exact) mass is 667 g/mol. The van der Waals surface area contributed by atoms with E-state index < -0.39 is 6.04 Å². The van der Waals surface area contributed by atoms with Crippen molar-refractivity contribution in [2.45, 2.75) is 193 Å². The Balaban J connectivity index is 2.11. The summed E-state index contributed by atoms with van der Waals surface area (Å²) in [6.45, 7) is 5.16. The number of imidazole rings is 1. The number of nitrogens with zero attached hydrogens (tertiary/aromatic N) is 1. The maximum Gasteiger partial charge on any atom is 0.242 e. The van der Waals surface area contributed by atoms with Gasteiger partial charge in [-0.25, -0.2) is 4.98 Å². The predicted octanol–water partition coefficient (Wildman–Crippen LogP) is 11.4. The summed E-state index contributed by atoms with van der Waals surface area (Å²) in [4.78, 5) is 32.9. The molecule has 0 fully saturated rings. The van der Waals surface area contributed by atoms with Gasteiger partial charge in [0.15, 0.2) is 0 Å². The van der Waals surface area contributed by atoms with E-state index >= 15 is 0 Å². The van der Waals surface area contributed by atoms with E-state index in [4.69, 9.17) is 0 Å². The van der Waals surface area contributed by atoms with Crippen LogP contribution < -0.4 is 10.6 Å². The molecule has 0 aliphatic carbocycles. The zero-order chi connectivity index (χ0) is 34.6. The van der Waals surface area contributed by atoms with Crippen LogP contribution in [0, 0.1) is 0 Å². The third-order valence-electron chi connectivity index (χ3n) is 8.96. The van der Waals surface area contributed by atoms with Gasteiger partial charge in [0.2, 0.25) is 11.8 Å². The second-order valence-corrected chi connectivity index (χ2v) is 13.6. The average Bonchev–Trinajstić information content (AvgIpc) is 3.60. The Labute approximate surface area is 295 Å². The van der Waals surface area contributed by atoms with E-state index in [9.17, 15) is 9.59 Å². The lowest BCUT2D eigenvalue weighted by Crippen LogP contribution is -2.48. The molecule has 0 aliphatic heterocycles. The summed E-state index contributed by atoms with van der Waals surface area (Å²) in [5.74, 6) is -0.157. The quantitative estimate of drug-likeness (QED) is 0.0505. The molecule has 3 N–H and O–H groups in total. The van der Waals surface area contributed by atoms with Gasteiger partial charge >= 0.3 is 0 Å². The lowest BCUT2D eigenvalue weighted by atomic mass is 10.1. The first-order chi connectivity index (χ1) is 23.7. The van der Waals surface area contributed by atoms with Crippen molar-refractivity contribution in [3.8, 4) is 0 Å². The van der Waals surface area contributed by atoms with Gasteiger partial charge in [0.05, 0.1) is 12.0 Å². The number of amides is 2. The van der Waals surface area contributed by atoms with Crippen LogP contribution in [0.25, 0.3) is 0 Å². The molecule has 1 aromatic rings. The molecule has 1 aromatic heterocycles. The number of hydrogen-bond acceptors (Lipinski definition) is 3. The van der Waals surface area contributed by atoms with Gasteiger partial charge in [-0.2, -0.15) is 0 Å². The molecule has 0 saturated carbocycles. The first-order valence-electron chi connectivity index (χ1n) is 20.2. The normalized spacial score (nSPS) is 12.5. The Bertz CT molecular complexity index is 937. The second-order valence-electron chi connectivity index (χ2n) is 13.6. The number of nitrogens with one attached hydrogen (secondary N) is 3. The molecule has 1 unspecified atom stereocenters. The minimum Gasteiger partial charge on any atom is -0.354 e. The Morgan fingerprint density at radius 2 is 1.12 bits per heavy atom. The molecule has 6 nitrogen and oxygen atoms in total. The molecular weight excluding hydrogens is 592 g/mol. The van der Waals surface area contributed by atoms with Gasteiger partial charge in [0, 0.05) is 25.6 Å². The topological polar surface area (TPSA) is 86.9 Å². The van der Waals surface area contributed by atoms with E-state index in [-0.39, 0.29) is 11.8 Å². The summed E-state index contributed by atoms with van der Waals surface area (Å²) >= 11 is 0. The minimum absolute atomic E-state index is 0.0444. The van der Waals surface area contributed by atoms with Gasteiger partial charge in [0.25, 0.3) is 0 Å². The summed E-state index contributed by atoms with van der Waals surface area (Å²) < 4.78 is 0. The van der Waals surface area contributed by atoms with E-state index in [0.717, 1.165) is 50.6 Å². The van der Waals surface area contributed by atoms with Crippen LogP contribution in [0.15, 0.2) is 49.0 Å². The Morgan fingerprint density at radius 1 is 0.646 bits per heavy atom. The number of hydrogen-bond donors (Lipinski definition) is 3. The molecule has 1 rings (SSSR count). The number of aromatic nitrogens is 2. The molecule has 0 saturated heterocycles. The molecular formula is C42H74N4O2. The van der Waals surface area contributed by atoms with Crippen molar-refractivity contribution in [1.82, 2.24) is 20.6 Å². The zero-order valence-electron chi connectivity index (χ0n) is 31.3. The van der Waals surface area contributed by atoms with E-state index in [1.54, 1.807) is 12.5 Å². The highest BCUT2D eigenvalue weighted by molar-refractivity contribution is 5.87. The lowest BCUT2D eigenvalue weighted by Gasteiger charge is -2.18. The first kappa shape index (κ1) is 43.4. The van der Waals surface area contributed by atoms with Crippen molar-refractivity contribution < 1.29 is 9.59 Å². The van der Waals surface area contributed by atoms with Gasteiger partial charge in [-0.1, -0.05) is 140 Å². The van der Waals surface area contributed by atoms with E-state index in [2.05, 4.69) is 70.9 Å². The van der Waals surface area contributed by atoms with Crippen LogP contribution >= 0.6 is 0 Å². The van der Waals surface area contributed by atoms with Gasteiger partial charge in [-0.15, -0.1) is 0 Å². The number of allylic oxidation sites excluding steroid dienone is 6. The van der Waals surface area contributed by atoms with E-state index in [1.807, 2.05) is 0 Å². The van der Waals surface area contributed by atoms with Crippen molar-refractivity contribution in [3.05, 3.63) is 54.7 Å². The van der Waals surface area contributed by atoms with Crippen LogP contribution in [0.5, 0.6) is 0 Å². The highest BCUT2D eigenvalue weighted by Gasteiger charge is 2.21. The Hall–Kier alpha value is -2.63. The molecule has 0 bridgehead atoms. The molecule has 2 amide bonds. The summed E-state index contributed by atoms with van der Waals surface area (Å²) in [6, 6.07) is -0.589. The molecule has 48 heavy (non-hydrogen) atoms. The summed E-state index contributed by atoms with van der Waals surface area (Å²) in [5.41, 5.74) is 0.783. The predicted molar refractivity (Wildman–Crippen MR) is 206 cm³/mol. The van der Waals surface area contributed by atoms with Gasteiger partial charge in [0.1, 0.15) is 6.04 Å². The number of H-pyrrole nitrogens is 1. The Morgan fingerprint density at radius 3 is 1.69 bits per heavy atom. The van der Waals surface area contributed by atoms with Crippen LogP contribution in [-0.4, -0.2) is 34.4 Å². The van der Waals surface area contributed by atoms with Crippen LogP contribution in [0.2, 0.25) is 0 Å². The van der Waals surface area contributed by atoms with Crippen molar-refractivity contribution in [2.24, 2.45) is 0 Å². The van der Waals surface area contributed by atoms with Crippen LogP contribution in [0.3, 0.4) is 0 Å². The fourth-order valence-corrected chi connectivity index (χ4v) is 5.89. The van der Waals surface area contributed by atoms with Gasteiger partial charge < -0.3 is 15.6 Å². The van der Waals surface area contributed by atoms with Crippen LogP contribution in [0.4, 0.5) is 0 Å². The molecule has 6 heteroatoms. The SMILES string of the molecule is CCCCC/C=C\C/C=C\CCCCCCCCNC(=O)C(Cc1c[nH]cn1)NC(=O)CCCCCCC/C=C\CCCCCCCC. The molecule has 0 radical (unpaired) electrons. The second kappa shape index (κ2) is 34.2. The van der Waals surface area contributed by atoms with Gasteiger partial charge in [-0.3, -0.25) is 9.59 Å². The maximum atomic E-state index is 13.0. The minimum atomic E-state index is -0.589. The smallest absolute Gasteiger partial charge is 0.242 e. The summed E-state index contributed by atoms with van der Waals surface area (Å²) in [5, 5.41) is 6.05. The van der Waals surface area contributed by atoms with Crippen LogP contribution in [0.1, 0.15) is 186 Å². The summed E-state index contributed by atoms with van der Waals surface area (Å²) in [6.07, 6.45) is 48.6. The molecule has 1 heterocycles. The third-order valence-corrected chi connectivity index (χ3v) is 8.96. The first-order valence-corrected chi connectivity index (χ1v) is 20.2. The zero-order valence-corrected chi connectivity index (χ0v) is 31.3. The van der Waals surface area contributed by atoms with Crippen molar-refractivity contribution in [2.75, 3.05) is 6.54 Å². The van der Waals surface area contributed by atoms with E-state index in [0.29, 0.717) is 19.4 Å². The molecule has 0 spiro atoms. The number of unbranched alkanes of at least 4 members (excludes halogenated alkanes) is 20. The van der Waals surface area contributed by atoms with Gasteiger partial charge in [-0.05, 0) is 70.6 Å². The van der Waals surface area contributed by atoms with Crippen molar-refractivity contribution in [1.29, 1.82) is 0 Å². The molecule has 0 aromatic carbocycles. The maximum absolute atomic E-state index is 13.0. The van der Waals surface area contributed by atoms with E-state index in [1.165, 1.54) is 116 Å². The molecule has 0 aliphatic rings. The fraction of sp³-hybridized carbons (Fsp3) is 0.738. The van der Waals surface area contributed by atoms with Crippen molar-refractivity contribution in [3.63, 3.8) is 0 Å². The Kier molecular flexibility index (Phi) is 31.0. The largest absolute Gasteiger partial charge is 0.354 e. The highest BCUT2D eigenvalue weighted by Crippen LogP contribution is 2.11. The number of carbonyl (C=O) groups is 2. The summed E-state index contributed by atoms with van der Waals surface area (Å²) in [7, 11) is 0. The third kappa shape index (κ3) is 28.4. The molecule has 274 valence electrons. The van der Waals surface area contributed by atoms with Crippen LogP contribution in [-0.2, 0) is 16.0 Å². The molecule has 1 atom stereocenters. The number of aromatic amines is 1. The number of carbonyl (C=O) groups excluding carboxylic acids is 2. The highest BCUT2D eigenvalue weighted by atomic mass is 16.2. The standard InChI is InChI=1S/C42H74N4O2/c1-3-5-7-9-11-13-15-17-19-21-23-25-27-29-31-33-35-44-42(48)40(36-39-37-43-38-45-39)46-41(47)34-32-30-28-26-24-22-20-18-16-14-12-10-8-6-4-2/h11,13,17-20,37-38,40H,3-10,12,14-16,21-36H2,1-2H3,(H,43,45)(H,44,48)(H,46,47)/b13-11-,19-17-,20-18-. The number of rotatable bonds is 34. The van der Waals surface area contributed by atoms with Crippen molar-refractivity contribution >= 4 is 11.8 Å².